The predicted octanol–water partition coefficient (Wildman–Crippen LogP) is 1.62. The normalized spacial score (nSPS) is 10.3. The third-order valence-corrected chi connectivity index (χ3v) is 3.17. The van der Waals surface area contributed by atoms with Crippen LogP contribution in [0.1, 0.15) is 20.8 Å². The second-order valence-electron chi connectivity index (χ2n) is 4.78. The van der Waals surface area contributed by atoms with Gasteiger partial charge in [0.15, 0.2) is 5.69 Å². The summed E-state index contributed by atoms with van der Waals surface area (Å²) in [5.41, 5.74) is 7.07. The number of para-hydroxylation sites is 1. The SMILES string of the molecule is NC(=O)c1ccc(NC(=O)c2cn(-c3ccccc3)nn2)cc1. The van der Waals surface area contributed by atoms with Gasteiger partial charge in [-0.15, -0.1) is 5.10 Å². The van der Waals surface area contributed by atoms with Crippen LogP contribution >= 0.6 is 0 Å². The van der Waals surface area contributed by atoms with Crippen molar-refractivity contribution >= 4 is 17.5 Å². The summed E-state index contributed by atoms with van der Waals surface area (Å²) in [5.74, 6) is -0.910. The van der Waals surface area contributed by atoms with E-state index in [1.54, 1.807) is 30.5 Å². The summed E-state index contributed by atoms with van der Waals surface area (Å²) in [4.78, 5) is 23.2. The number of benzene rings is 2. The van der Waals surface area contributed by atoms with Crippen LogP contribution < -0.4 is 11.1 Å². The van der Waals surface area contributed by atoms with Crippen molar-refractivity contribution in [2.24, 2.45) is 5.73 Å². The highest BCUT2D eigenvalue weighted by Gasteiger charge is 2.12. The molecule has 7 heteroatoms. The number of carbonyl (C=O) groups excluding carboxylic acids is 2. The van der Waals surface area contributed by atoms with Crippen LogP contribution in [0.25, 0.3) is 5.69 Å². The maximum Gasteiger partial charge on any atom is 0.277 e. The first-order valence-electron chi connectivity index (χ1n) is 6.82. The first-order valence-corrected chi connectivity index (χ1v) is 6.82. The quantitative estimate of drug-likeness (QED) is 0.764. The van der Waals surface area contributed by atoms with E-state index in [1.165, 1.54) is 4.68 Å². The molecule has 0 radical (unpaired) electrons. The number of amides is 2. The lowest BCUT2D eigenvalue weighted by Gasteiger charge is -2.03. The van der Waals surface area contributed by atoms with Crippen molar-refractivity contribution in [3.63, 3.8) is 0 Å². The maximum atomic E-state index is 12.2. The fourth-order valence-corrected chi connectivity index (χ4v) is 1.99. The van der Waals surface area contributed by atoms with E-state index in [0.717, 1.165) is 5.69 Å². The maximum absolute atomic E-state index is 12.2. The van der Waals surface area contributed by atoms with Crippen molar-refractivity contribution in [2.45, 2.75) is 0 Å². The van der Waals surface area contributed by atoms with Crippen LogP contribution in [0, 0.1) is 0 Å². The summed E-state index contributed by atoms with van der Waals surface area (Å²) in [6, 6.07) is 15.6. The number of hydrogen-bond acceptors (Lipinski definition) is 4. The van der Waals surface area contributed by atoms with Crippen molar-refractivity contribution in [1.82, 2.24) is 15.0 Å². The minimum atomic E-state index is -0.520. The average Bonchev–Trinajstić information content (AvgIpc) is 3.06. The zero-order valence-electron chi connectivity index (χ0n) is 12.0. The Morgan fingerprint density at radius 3 is 2.35 bits per heavy atom. The molecule has 0 atom stereocenters. The molecule has 0 bridgehead atoms. The Morgan fingerprint density at radius 2 is 1.70 bits per heavy atom. The third-order valence-electron chi connectivity index (χ3n) is 3.17. The van der Waals surface area contributed by atoms with Crippen LogP contribution in [0.5, 0.6) is 0 Å². The van der Waals surface area contributed by atoms with Crippen LogP contribution in [0.15, 0.2) is 60.8 Å². The predicted molar refractivity (Wildman–Crippen MR) is 84.3 cm³/mol. The van der Waals surface area contributed by atoms with Crippen LogP contribution in [0.2, 0.25) is 0 Å². The minimum Gasteiger partial charge on any atom is -0.366 e. The van der Waals surface area contributed by atoms with Gasteiger partial charge in [0.1, 0.15) is 0 Å². The van der Waals surface area contributed by atoms with E-state index in [2.05, 4.69) is 15.6 Å². The number of anilines is 1. The van der Waals surface area contributed by atoms with E-state index in [1.807, 2.05) is 30.3 Å². The fraction of sp³-hybridized carbons (Fsp3) is 0. The number of aromatic nitrogens is 3. The van der Waals surface area contributed by atoms with E-state index >= 15 is 0 Å². The lowest BCUT2D eigenvalue weighted by molar-refractivity contribution is 0.0998. The highest BCUT2D eigenvalue weighted by molar-refractivity contribution is 6.03. The molecule has 2 aromatic carbocycles. The smallest absolute Gasteiger partial charge is 0.277 e. The number of primary amides is 1. The molecule has 0 aliphatic heterocycles. The van der Waals surface area contributed by atoms with E-state index < -0.39 is 5.91 Å². The van der Waals surface area contributed by atoms with Crippen LogP contribution in [0.4, 0.5) is 5.69 Å². The molecule has 0 unspecified atom stereocenters. The molecule has 1 aromatic heterocycles. The number of carbonyl (C=O) groups is 2. The standard InChI is InChI=1S/C16H13N5O2/c17-15(22)11-6-8-12(9-7-11)18-16(23)14-10-21(20-19-14)13-4-2-1-3-5-13/h1-10H,(H2,17,22)(H,18,23). The van der Waals surface area contributed by atoms with Crippen LogP contribution in [-0.4, -0.2) is 26.8 Å². The number of nitrogens with one attached hydrogen (secondary N) is 1. The second kappa shape index (κ2) is 6.10. The lowest BCUT2D eigenvalue weighted by Crippen LogP contribution is -2.13. The molecule has 3 rings (SSSR count). The molecule has 2 amide bonds. The highest BCUT2D eigenvalue weighted by Crippen LogP contribution is 2.11. The molecular formula is C16H13N5O2. The summed E-state index contributed by atoms with van der Waals surface area (Å²) in [7, 11) is 0. The van der Waals surface area contributed by atoms with E-state index in [0.29, 0.717) is 11.3 Å². The Balaban J connectivity index is 1.74. The number of nitrogens with zero attached hydrogens (tertiary/aromatic N) is 3. The first kappa shape index (κ1) is 14.5. The van der Waals surface area contributed by atoms with Gasteiger partial charge in [-0.25, -0.2) is 4.68 Å². The molecule has 114 valence electrons. The zero-order chi connectivity index (χ0) is 16.2. The van der Waals surface area contributed by atoms with Gasteiger partial charge in [-0.05, 0) is 36.4 Å². The fourth-order valence-electron chi connectivity index (χ4n) is 1.99. The minimum absolute atomic E-state index is 0.188. The molecule has 7 nitrogen and oxygen atoms in total. The van der Waals surface area contributed by atoms with Gasteiger partial charge >= 0.3 is 0 Å². The van der Waals surface area contributed by atoms with Gasteiger partial charge < -0.3 is 11.1 Å². The average molecular weight is 307 g/mol. The first-order chi connectivity index (χ1) is 11.1. The highest BCUT2D eigenvalue weighted by atomic mass is 16.2. The summed E-state index contributed by atoms with van der Waals surface area (Å²) in [6.45, 7) is 0. The molecule has 0 saturated heterocycles. The third kappa shape index (κ3) is 3.24. The number of rotatable bonds is 4. The topological polar surface area (TPSA) is 103 Å². The Hall–Kier alpha value is -3.48. The molecule has 0 aliphatic rings. The van der Waals surface area contributed by atoms with Crippen LogP contribution in [-0.2, 0) is 0 Å². The van der Waals surface area contributed by atoms with Crippen molar-refractivity contribution in [1.29, 1.82) is 0 Å². The summed E-state index contributed by atoms with van der Waals surface area (Å²) < 4.78 is 1.52. The molecular weight excluding hydrogens is 294 g/mol. The molecule has 0 saturated carbocycles. The summed E-state index contributed by atoms with van der Waals surface area (Å²) in [5, 5.41) is 10.5. The molecule has 3 N–H and O–H groups in total. The van der Waals surface area contributed by atoms with Crippen molar-refractivity contribution in [2.75, 3.05) is 5.32 Å². The Morgan fingerprint density at radius 1 is 1.00 bits per heavy atom. The van der Waals surface area contributed by atoms with E-state index in [4.69, 9.17) is 5.73 Å². The number of hydrogen-bond donors (Lipinski definition) is 2. The Kier molecular flexibility index (Phi) is 3.84. The monoisotopic (exact) mass is 307 g/mol. The van der Waals surface area contributed by atoms with Gasteiger partial charge in [-0.1, -0.05) is 23.4 Å². The second-order valence-corrected chi connectivity index (χ2v) is 4.78. The van der Waals surface area contributed by atoms with Gasteiger partial charge in [0.05, 0.1) is 11.9 Å². The summed E-state index contributed by atoms with van der Waals surface area (Å²) >= 11 is 0. The Labute approximate surface area is 131 Å². The molecule has 1 heterocycles. The van der Waals surface area contributed by atoms with Crippen LogP contribution in [0.3, 0.4) is 0 Å². The van der Waals surface area contributed by atoms with Gasteiger partial charge in [0, 0.05) is 11.3 Å². The van der Waals surface area contributed by atoms with Crippen molar-refractivity contribution in [3.05, 3.63) is 72.1 Å². The molecule has 0 spiro atoms. The molecule has 0 fully saturated rings. The Bertz CT molecular complexity index is 840. The van der Waals surface area contributed by atoms with Gasteiger partial charge in [0.25, 0.3) is 5.91 Å². The van der Waals surface area contributed by atoms with E-state index in [9.17, 15) is 9.59 Å². The van der Waals surface area contributed by atoms with Gasteiger partial charge in [0.2, 0.25) is 5.91 Å². The van der Waals surface area contributed by atoms with E-state index in [-0.39, 0.29) is 11.6 Å². The largest absolute Gasteiger partial charge is 0.366 e. The number of nitrogens with two attached hydrogens (primary N) is 1. The summed E-state index contributed by atoms with van der Waals surface area (Å²) in [6.07, 6.45) is 1.54. The molecule has 0 aliphatic carbocycles. The van der Waals surface area contributed by atoms with Gasteiger partial charge in [-0.3, -0.25) is 9.59 Å². The molecule has 3 aromatic rings. The lowest BCUT2D eigenvalue weighted by atomic mass is 10.2. The zero-order valence-corrected chi connectivity index (χ0v) is 12.0. The van der Waals surface area contributed by atoms with Gasteiger partial charge in [-0.2, -0.15) is 0 Å². The molecule has 23 heavy (non-hydrogen) atoms. The van der Waals surface area contributed by atoms with Crippen molar-refractivity contribution in [3.8, 4) is 5.69 Å². The van der Waals surface area contributed by atoms with Crippen molar-refractivity contribution < 1.29 is 9.59 Å².